The second kappa shape index (κ2) is 6.14. The molecule has 0 aromatic heterocycles. The molecule has 22 heavy (non-hydrogen) atoms. The average molecular weight is 323 g/mol. The number of benzene rings is 1. The molecule has 0 spiro atoms. The predicted molar refractivity (Wildman–Crippen MR) is 85.6 cm³/mol. The van der Waals surface area contributed by atoms with Crippen molar-refractivity contribution >= 4 is 29.2 Å². The van der Waals surface area contributed by atoms with Gasteiger partial charge in [0.05, 0.1) is 10.7 Å². The van der Waals surface area contributed by atoms with Crippen LogP contribution in [0, 0.1) is 0 Å². The van der Waals surface area contributed by atoms with Gasteiger partial charge in [-0.3, -0.25) is 9.69 Å². The summed E-state index contributed by atoms with van der Waals surface area (Å²) in [4.78, 5) is 27.8. The molecular weight excluding hydrogens is 304 g/mol. The maximum atomic E-state index is 12.6. The van der Waals surface area contributed by atoms with Crippen LogP contribution in [0.15, 0.2) is 18.2 Å². The summed E-state index contributed by atoms with van der Waals surface area (Å²) in [6.07, 6.45) is 0. The van der Waals surface area contributed by atoms with E-state index in [1.54, 1.807) is 23.1 Å². The molecule has 1 aromatic carbocycles. The summed E-state index contributed by atoms with van der Waals surface area (Å²) in [5.41, 5.74) is 1.15. The molecule has 7 heteroatoms. The first kappa shape index (κ1) is 15.1. The fourth-order valence-corrected chi connectivity index (χ4v) is 3.07. The van der Waals surface area contributed by atoms with E-state index in [9.17, 15) is 9.59 Å². The van der Waals surface area contributed by atoms with Crippen LogP contribution in [-0.4, -0.2) is 55.6 Å². The zero-order chi connectivity index (χ0) is 15.7. The minimum atomic E-state index is -0.178. The molecule has 0 bridgehead atoms. The lowest BCUT2D eigenvalue weighted by Crippen LogP contribution is -2.51. The maximum absolute atomic E-state index is 12.6. The highest BCUT2D eigenvalue weighted by Crippen LogP contribution is 2.28. The number of rotatable bonds is 2. The second-order valence-corrected chi connectivity index (χ2v) is 6.06. The first-order chi connectivity index (χ1) is 10.6. The predicted octanol–water partition coefficient (Wildman–Crippen LogP) is 1.30. The Labute approximate surface area is 134 Å². The molecule has 2 aliphatic rings. The molecule has 2 saturated heterocycles. The van der Waals surface area contributed by atoms with Gasteiger partial charge in [-0.2, -0.15) is 0 Å². The Bertz CT molecular complexity index is 607. The van der Waals surface area contributed by atoms with Gasteiger partial charge in [0.25, 0.3) is 5.91 Å². The number of carbonyl (C=O) groups excluding carboxylic acids is 2. The van der Waals surface area contributed by atoms with E-state index in [2.05, 4.69) is 17.6 Å². The molecule has 1 atom stereocenters. The SMILES string of the molecule is CC1CN(C(=O)c2ccc(Cl)c(N3CCNC3=O)c2)CCN1. The lowest BCUT2D eigenvalue weighted by molar-refractivity contribution is 0.0709. The smallest absolute Gasteiger partial charge is 0.322 e. The van der Waals surface area contributed by atoms with Gasteiger partial charge >= 0.3 is 6.03 Å². The number of hydrogen-bond donors (Lipinski definition) is 2. The van der Waals surface area contributed by atoms with Crippen molar-refractivity contribution in [2.45, 2.75) is 13.0 Å². The number of anilines is 1. The number of nitrogens with one attached hydrogen (secondary N) is 2. The van der Waals surface area contributed by atoms with Crippen LogP contribution in [-0.2, 0) is 0 Å². The normalized spacial score (nSPS) is 21.9. The van der Waals surface area contributed by atoms with Crippen molar-refractivity contribution in [3.05, 3.63) is 28.8 Å². The van der Waals surface area contributed by atoms with E-state index in [0.29, 0.717) is 42.5 Å². The van der Waals surface area contributed by atoms with Gasteiger partial charge in [0.15, 0.2) is 0 Å². The Kier molecular flexibility index (Phi) is 4.22. The van der Waals surface area contributed by atoms with Crippen molar-refractivity contribution in [1.82, 2.24) is 15.5 Å². The molecular formula is C15H19ClN4O2. The highest BCUT2D eigenvalue weighted by molar-refractivity contribution is 6.34. The van der Waals surface area contributed by atoms with Gasteiger partial charge in [0, 0.05) is 44.3 Å². The summed E-state index contributed by atoms with van der Waals surface area (Å²) in [6, 6.07) is 5.22. The minimum Gasteiger partial charge on any atom is -0.336 e. The van der Waals surface area contributed by atoms with Crippen molar-refractivity contribution in [1.29, 1.82) is 0 Å². The number of urea groups is 1. The Morgan fingerprint density at radius 1 is 1.32 bits per heavy atom. The quantitative estimate of drug-likeness (QED) is 0.862. The summed E-state index contributed by atoms with van der Waals surface area (Å²) in [5.74, 6) is -0.0223. The molecule has 0 radical (unpaired) electrons. The van der Waals surface area contributed by atoms with E-state index in [0.717, 1.165) is 6.54 Å². The van der Waals surface area contributed by atoms with Crippen LogP contribution in [0.4, 0.5) is 10.5 Å². The fourth-order valence-electron chi connectivity index (χ4n) is 2.85. The van der Waals surface area contributed by atoms with E-state index >= 15 is 0 Å². The van der Waals surface area contributed by atoms with Gasteiger partial charge < -0.3 is 15.5 Å². The van der Waals surface area contributed by atoms with E-state index in [1.807, 2.05) is 4.90 Å². The summed E-state index contributed by atoms with van der Waals surface area (Å²) < 4.78 is 0. The summed E-state index contributed by atoms with van der Waals surface area (Å²) in [7, 11) is 0. The van der Waals surface area contributed by atoms with Crippen LogP contribution in [0.3, 0.4) is 0 Å². The molecule has 3 amide bonds. The van der Waals surface area contributed by atoms with Gasteiger partial charge in [0.2, 0.25) is 0 Å². The third kappa shape index (κ3) is 2.89. The molecule has 1 unspecified atom stereocenters. The number of hydrogen-bond acceptors (Lipinski definition) is 3. The largest absolute Gasteiger partial charge is 0.336 e. The number of nitrogens with zero attached hydrogens (tertiary/aromatic N) is 2. The van der Waals surface area contributed by atoms with Crippen LogP contribution in [0.25, 0.3) is 0 Å². The van der Waals surface area contributed by atoms with E-state index in [1.165, 1.54) is 0 Å². The topological polar surface area (TPSA) is 64.7 Å². The standard InChI is InChI=1S/C15H19ClN4O2/c1-10-9-19(6-4-17-10)14(21)11-2-3-12(16)13(8-11)20-7-5-18-15(20)22/h2-3,8,10,17H,4-7,9H2,1H3,(H,18,22). The molecule has 0 aliphatic carbocycles. The monoisotopic (exact) mass is 322 g/mol. The van der Waals surface area contributed by atoms with Gasteiger partial charge in [-0.05, 0) is 25.1 Å². The first-order valence-corrected chi connectivity index (χ1v) is 7.81. The second-order valence-electron chi connectivity index (χ2n) is 5.66. The van der Waals surface area contributed by atoms with Crippen LogP contribution < -0.4 is 15.5 Å². The molecule has 2 N–H and O–H groups in total. The molecule has 118 valence electrons. The number of piperazine rings is 1. The zero-order valence-electron chi connectivity index (χ0n) is 12.4. The molecule has 2 fully saturated rings. The molecule has 2 aliphatic heterocycles. The Morgan fingerprint density at radius 2 is 2.14 bits per heavy atom. The summed E-state index contributed by atoms with van der Waals surface area (Å²) in [5, 5.41) is 6.53. The number of amides is 3. The highest BCUT2D eigenvalue weighted by Gasteiger charge is 2.26. The Hall–Kier alpha value is -1.79. The molecule has 6 nitrogen and oxygen atoms in total. The fraction of sp³-hybridized carbons (Fsp3) is 0.467. The number of carbonyl (C=O) groups is 2. The van der Waals surface area contributed by atoms with Crippen LogP contribution in [0.1, 0.15) is 17.3 Å². The van der Waals surface area contributed by atoms with Gasteiger partial charge in [-0.1, -0.05) is 11.6 Å². The molecule has 1 aromatic rings. The molecule has 3 rings (SSSR count). The van der Waals surface area contributed by atoms with Crippen LogP contribution >= 0.6 is 11.6 Å². The van der Waals surface area contributed by atoms with Gasteiger partial charge in [0.1, 0.15) is 0 Å². The van der Waals surface area contributed by atoms with Gasteiger partial charge in [-0.15, -0.1) is 0 Å². The van der Waals surface area contributed by atoms with E-state index < -0.39 is 0 Å². The van der Waals surface area contributed by atoms with E-state index in [4.69, 9.17) is 11.6 Å². The maximum Gasteiger partial charge on any atom is 0.322 e. The lowest BCUT2D eigenvalue weighted by atomic mass is 10.1. The summed E-state index contributed by atoms with van der Waals surface area (Å²) in [6.45, 7) is 5.36. The molecule has 2 heterocycles. The van der Waals surface area contributed by atoms with Crippen molar-refractivity contribution in [3.63, 3.8) is 0 Å². The number of halogens is 1. The van der Waals surface area contributed by atoms with Crippen LogP contribution in [0.2, 0.25) is 5.02 Å². The Balaban J connectivity index is 1.85. The molecule has 0 saturated carbocycles. The first-order valence-electron chi connectivity index (χ1n) is 7.44. The van der Waals surface area contributed by atoms with E-state index in [-0.39, 0.29) is 18.0 Å². The third-order valence-electron chi connectivity index (χ3n) is 4.00. The summed E-state index contributed by atoms with van der Waals surface area (Å²) >= 11 is 6.20. The minimum absolute atomic E-state index is 0.0223. The lowest BCUT2D eigenvalue weighted by Gasteiger charge is -2.32. The highest BCUT2D eigenvalue weighted by atomic mass is 35.5. The van der Waals surface area contributed by atoms with Crippen molar-refractivity contribution < 1.29 is 9.59 Å². The van der Waals surface area contributed by atoms with Crippen molar-refractivity contribution in [2.24, 2.45) is 0 Å². The Morgan fingerprint density at radius 3 is 2.82 bits per heavy atom. The van der Waals surface area contributed by atoms with Crippen molar-refractivity contribution in [3.8, 4) is 0 Å². The third-order valence-corrected chi connectivity index (χ3v) is 4.32. The van der Waals surface area contributed by atoms with Crippen molar-refractivity contribution in [2.75, 3.05) is 37.6 Å². The van der Waals surface area contributed by atoms with Crippen LogP contribution in [0.5, 0.6) is 0 Å². The average Bonchev–Trinajstić information content (AvgIpc) is 2.93. The van der Waals surface area contributed by atoms with Gasteiger partial charge in [-0.25, -0.2) is 4.79 Å². The zero-order valence-corrected chi connectivity index (χ0v) is 13.2.